The molecule has 4 aromatic carbocycles. The number of aromatic nitrogens is 4. The van der Waals surface area contributed by atoms with Crippen LogP contribution >= 0.6 is 12.0 Å². The average Bonchev–Trinajstić information content (AvgIpc) is 3.39. The lowest BCUT2D eigenvalue weighted by Gasteiger charge is -2.25. The van der Waals surface area contributed by atoms with E-state index in [0.717, 1.165) is 0 Å². The standard InChI is InChI=1S/C26H16N8O10S2/c35-34(36)16-4-8-19-20(11-16)41-26-33(19)32-22-21(45-44-43-37)10-13-9-15(3-7-18(13)23(22)42-26)30-25-28-12-27-24(31-25)29-14-1-5-17(6-2-14)46(38,39)40/h1-12,37H,(H,38,39,40)(H2,27,28,29,30,31). The number of hydrogen-bond acceptors (Lipinski definition) is 15. The van der Waals surface area contributed by atoms with Crippen molar-refractivity contribution in [2.45, 2.75) is 9.79 Å². The molecule has 0 atom stereocenters. The van der Waals surface area contributed by atoms with Gasteiger partial charge in [-0.1, -0.05) is 5.04 Å². The van der Waals surface area contributed by atoms with E-state index in [1.54, 1.807) is 24.3 Å². The van der Waals surface area contributed by atoms with Crippen LogP contribution in [-0.4, -0.2) is 38.1 Å². The molecule has 0 aliphatic carbocycles. The zero-order chi connectivity index (χ0) is 32.0. The maximum atomic E-state index is 11.3. The van der Waals surface area contributed by atoms with E-state index >= 15 is 0 Å². The number of nitrogens with one attached hydrogen (secondary N) is 2. The minimum absolute atomic E-state index is 0.0363. The Morgan fingerprint density at radius 3 is 2.46 bits per heavy atom. The third-order valence-electron chi connectivity index (χ3n) is 6.56. The zero-order valence-electron chi connectivity index (χ0n) is 22.6. The average molecular weight is 665 g/mol. The van der Waals surface area contributed by atoms with Gasteiger partial charge in [0.2, 0.25) is 17.5 Å². The van der Waals surface area contributed by atoms with Gasteiger partial charge >= 0.3 is 6.08 Å². The molecule has 0 amide bonds. The molecule has 0 unspecified atom stereocenters. The largest absolute Gasteiger partial charge is 0.562 e. The Kier molecular flexibility index (Phi) is 7.19. The Labute approximate surface area is 260 Å². The van der Waals surface area contributed by atoms with Crippen molar-refractivity contribution in [3.05, 3.63) is 88.6 Å². The maximum absolute atomic E-state index is 11.3. The summed E-state index contributed by atoms with van der Waals surface area (Å²) in [5.74, 6) is 0.624. The molecule has 46 heavy (non-hydrogen) atoms. The van der Waals surface area contributed by atoms with Crippen LogP contribution in [0.25, 0.3) is 27.3 Å². The first-order valence-electron chi connectivity index (χ1n) is 12.8. The highest BCUT2D eigenvalue weighted by Crippen LogP contribution is 2.50. The van der Waals surface area contributed by atoms with Crippen molar-refractivity contribution in [3.8, 4) is 11.8 Å². The van der Waals surface area contributed by atoms with E-state index in [2.05, 4.69) is 36.0 Å². The van der Waals surface area contributed by atoms with Gasteiger partial charge in [0.15, 0.2) is 0 Å². The van der Waals surface area contributed by atoms with Gasteiger partial charge in [0.25, 0.3) is 21.3 Å². The molecule has 4 N–H and O–H groups in total. The van der Waals surface area contributed by atoms with Crippen LogP contribution in [-0.2, 0) is 19.5 Å². The number of fused-ring (bicyclic) bond motifs is 6. The molecule has 1 aliphatic heterocycles. The molecule has 7 rings (SSSR count). The van der Waals surface area contributed by atoms with Crippen LogP contribution < -0.4 is 20.0 Å². The van der Waals surface area contributed by atoms with E-state index in [0.29, 0.717) is 50.3 Å². The Balaban J connectivity index is 1.19. The molecule has 2 aromatic heterocycles. The second kappa shape index (κ2) is 11.4. The van der Waals surface area contributed by atoms with Gasteiger partial charge < -0.3 is 25.2 Å². The zero-order valence-corrected chi connectivity index (χ0v) is 24.2. The predicted molar refractivity (Wildman–Crippen MR) is 159 cm³/mol. The highest BCUT2D eigenvalue weighted by Gasteiger charge is 2.30. The Bertz CT molecular complexity index is 2280. The van der Waals surface area contributed by atoms with Crippen molar-refractivity contribution in [2.75, 3.05) is 10.6 Å². The molecule has 18 nitrogen and oxygen atoms in total. The van der Waals surface area contributed by atoms with Crippen molar-refractivity contribution in [3.63, 3.8) is 0 Å². The number of nitro groups is 1. The molecule has 232 valence electrons. The second-order valence-electron chi connectivity index (χ2n) is 9.39. The minimum Gasteiger partial charge on any atom is -0.393 e. The quantitative estimate of drug-likeness (QED) is 0.0361. The Morgan fingerprint density at radius 2 is 1.74 bits per heavy atom. The van der Waals surface area contributed by atoms with Gasteiger partial charge in [-0.3, -0.25) is 14.7 Å². The van der Waals surface area contributed by atoms with Crippen LogP contribution in [0.3, 0.4) is 0 Å². The first-order valence-corrected chi connectivity index (χ1v) is 14.9. The van der Waals surface area contributed by atoms with E-state index in [1.165, 1.54) is 53.5 Å². The lowest BCUT2D eigenvalue weighted by molar-refractivity contribution is -0.606. The van der Waals surface area contributed by atoms with Crippen LogP contribution in [0.5, 0.6) is 11.8 Å². The highest BCUT2D eigenvalue weighted by atomic mass is 32.2. The van der Waals surface area contributed by atoms with Crippen molar-refractivity contribution in [1.29, 1.82) is 0 Å². The number of non-ortho nitro benzene ring substituents is 1. The van der Waals surface area contributed by atoms with E-state index in [9.17, 15) is 18.5 Å². The minimum atomic E-state index is -4.33. The molecule has 0 fully saturated rings. The van der Waals surface area contributed by atoms with Gasteiger partial charge in [0.05, 0.1) is 27.9 Å². The van der Waals surface area contributed by atoms with Gasteiger partial charge in [-0.15, -0.1) is 4.33 Å². The molecular formula is C26H16N8O10S2. The SMILES string of the molecule is O=[N+]([O-])c1ccc2c(c1)oc1[n+]2[N-]c2c(SOOO)cc3cc(Nc4ncnc(Nc5ccc(S(=O)(=O)O)cc5)n4)ccc3c2O1. The summed E-state index contributed by atoms with van der Waals surface area (Å²) < 4.78 is 49.6. The van der Waals surface area contributed by atoms with E-state index < -0.39 is 15.0 Å². The number of nitro benzene ring substituents is 1. The first-order chi connectivity index (χ1) is 22.2. The number of rotatable bonds is 9. The van der Waals surface area contributed by atoms with Crippen LogP contribution in [0.15, 0.2) is 87.3 Å². The van der Waals surface area contributed by atoms with Crippen molar-refractivity contribution in [2.24, 2.45) is 0 Å². The van der Waals surface area contributed by atoms with Crippen molar-refractivity contribution >= 4 is 78.7 Å². The normalized spacial score (nSPS) is 12.2. The van der Waals surface area contributed by atoms with Crippen LogP contribution in [0.4, 0.5) is 34.6 Å². The van der Waals surface area contributed by atoms with Gasteiger partial charge in [-0.05, 0) is 59.6 Å². The fraction of sp³-hybridized carbons (Fsp3) is 0. The number of anilines is 4. The van der Waals surface area contributed by atoms with Crippen LogP contribution in [0.2, 0.25) is 0 Å². The smallest absolute Gasteiger partial charge is 0.393 e. The highest BCUT2D eigenvalue weighted by molar-refractivity contribution is 7.94. The third-order valence-corrected chi connectivity index (χ3v) is 8.05. The fourth-order valence-corrected chi connectivity index (χ4v) is 5.54. The Hall–Kier alpha value is -5.64. The molecule has 6 aromatic rings. The van der Waals surface area contributed by atoms with Gasteiger partial charge in [-0.25, -0.2) is 15.2 Å². The summed E-state index contributed by atoms with van der Waals surface area (Å²) >= 11 is 0.666. The summed E-state index contributed by atoms with van der Waals surface area (Å²) in [7, 11) is -4.33. The maximum Gasteiger partial charge on any atom is 0.562 e. The second-order valence-corrected chi connectivity index (χ2v) is 11.6. The summed E-state index contributed by atoms with van der Waals surface area (Å²) in [6.45, 7) is 0. The molecule has 3 heterocycles. The molecule has 0 spiro atoms. The van der Waals surface area contributed by atoms with E-state index in [1.807, 2.05) is 0 Å². The lowest BCUT2D eigenvalue weighted by Crippen LogP contribution is -2.30. The molecule has 0 saturated heterocycles. The fourth-order valence-electron chi connectivity index (χ4n) is 4.57. The predicted octanol–water partition coefficient (Wildman–Crippen LogP) is 5.70. The molecule has 0 radical (unpaired) electrons. The summed E-state index contributed by atoms with van der Waals surface area (Å²) in [6.07, 6.45) is 1.24. The molecule has 20 heteroatoms. The molecular weight excluding hydrogens is 648 g/mol. The van der Waals surface area contributed by atoms with Crippen LogP contribution in [0.1, 0.15) is 0 Å². The van der Waals surface area contributed by atoms with Gasteiger partial charge in [0, 0.05) is 33.8 Å². The lowest BCUT2D eigenvalue weighted by atomic mass is 10.1. The molecule has 0 saturated carbocycles. The summed E-state index contributed by atoms with van der Waals surface area (Å²) in [5, 5.41) is 31.1. The molecule has 0 bridgehead atoms. The molecule has 1 aliphatic rings. The third kappa shape index (κ3) is 5.53. The number of oxazole rings is 1. The summed E-state index contributed by atoms with van der Waals surface area (Å²) in [5.41, 5.74) is 6.40. The van der Waals surface area contributed by atoms with Crippen molar-refractivity contribution in [1.82, 2.24) is 15.0 Å². The number of nitrogens with zero attached hydrogens (tertiary/aromatic N) is 6. The van der Waals surface area contributed by atoms with Gasteiger partial charge in [0.1, 0.15) is 12.1 Å². The van der Waals surface area contributed by atoms with E-state index in [4.69, 9.17) is 23.3 Å². The summed E-state index contributed by atoms with van der Waals surface area (Å²) in [4.78, 5) is 23.4. The topological polar surface area (TPSA) is 239 Å². The monoisotopic (exact) mass is 664 g/mol. The Morgan fingerprint density at radius 1 is 1.00 bits per heavy atom. The summed E-state index contributed by atoms with van der Waals surface area (Å²) in [6, 6.07) is 16.4. The van der Waals surface area contributed by atoms with Crippen LogP contribution in [0, 0.1) is 10.1 Å². The first kappa shape index (κ1) is 29.1. The van der Waals surface area contributed by atoms with E-state index in [-0.39, 0.29) is 39.9 Å². The number of benzene rings is 4. The number of ether oxygens (including phenoxy) is 1. The number of hydrogen-bond donors (Lipinski definition) is 4. The van der Waals surface area contributed by atoms with Crippen molar-refractivity contribution < 1.29 is 46.4 Å². The van der Waals surface area contributed by atoms with Gasteiger partial charge in [-0.2, -0.15) is 18.1 Å².